The predicted molar refractivity (Wildman–Crippen MR) is 360 cm³/mol. The maximum Gasteiger partial charge on any atom is 0.252 e. The fourth-order valence-corrected chi connectivity index (χ4v) is 15.6. The molecule has 5 aliphatic rings. The van der Waals surface area contributed by atoms with Crippen molar-refractivity contribution in [1.82, 2.24) is 0 Å². The Morgan fingerprint density at radius 3 is 1.53 bits per heavy atom. The first-order valence-electron chi connectivity index (χ1n) is 31.3. The molecular formula is C79H90BN3. The molecular weight excluding hydrogens is 1000 g/mol. The van der Waals surface area contributed by atoms with Crippen LogP contribution in [0, 0.1) is 0 Å². The highest BCUT2D eigenvalue weighted by atomic mass is 15.3. The second kappa shape index (κ2) is 18.1. The Morgan fingerprint density at radius 1 is 0.410 bits per heavy atom. The zero-order chi connectivity index (χ0) is 59.1. The maximum absolute atomic E-state index is 2.94. The van der Waals surface area contributed by atoms with Gasteiger partial charge in [-0.05, 0) is 167 Å². The molecule has 13 rings (SSSR count). The van der Waals surface area contributed by atoms with E-state index in [0.717, 1.165) is 29.9 Å². The molecule has 0 saturated heterocycles. The van der Waals surface area contributed by atoms with Gasteiger partial charge in [0.25, 0.3) is 6.71 Å². The Balaban J connectivity index is 1.22. The number of hydrogen-bond donors (Lipinski definition) is 0. The topological polar surface area (TPSA) is 9.72 Å². The Kier molecular flexibility index (Phi) is 12.1. The molecule has 1 saturated carbocycles. The van der Waals surface area contributed by atoms with Crippen molar-refractivity contribution in [2.75, 3.05) is 14.7 Å². The summed E-state index contributed by atoms with van der Waals surface area (Å²) in [5.41, 5.74) is 30.0. The highest BCUT2D eigenvalue weighted by Crippen LogP contribution is 2.64. The van der Waals surface area contributed by atoms with Crippen LogP contribution in [0.5, 0.6) is 0 Å². The maximum atomic E-state index is 2.94. The van der Waals surface area contributed by atoms with Gasteiger partial charge in [0.05, 0.1) is 16.9 Å². The zero-order valence-electron chi connectivity index (χ0n) is 53.7. The lowest BCUT2D eigenvalue weighted by Gasteiger charge is -2.53. The van der Waals surface area contributed by atoms with E-state index in [2.05, 4.69) is 298 Å². The largest absolute Gasteiger partial charge is 0.335 e. The molecule has 0 bridgehead atoms. The lowest BCUT2D eigenvalue weighted by molar-refractivity contribution is 0.195. The van der Waals surface area contributed by atoms with E-state index in [1.165, 1.54) is 119 Å². The second-order valence-corrected chi connectivity index (χ2v) is 31.9. The molecule has 0 radical (unpaired) electrons. The first-order chi connectivity index (χ1) is 38.8. The third kappa shape index (κ3) is 8.32. The molecule has 0 amide bonds. The molecule has 2 aliphatic carbocycles. The van der Waals surface area contributed by atoms with E-state index in [4.69, 9.17) is 0 Å². The molecule has 83 heavy (non-hydrogen) atoms. The summed E-state index contributed by atoms with van der Waals surface area (Å²) in [6, 6.07) is 61.0. The van der Waals surface area contributed by atoms with Gasteiger partial charge in [-0.2, -0.15) is 0 Å². The van der Waals surface area contributed by atoms with Crippen molar-refractivity contribution in [3.05, 3.63) is 196 Å². The van der Waals surface area contributed by atoms with Crippen LogP contribution in [0.15, 0.2) is 152 Å². The van der Waals surface area contributed by atoms with Crippen LogP contribution in [0.4, 0.5) is 45.5 Å². The summed E-state index contributed by atoms with van der Waals surface area (Å²) in [6.07, 6.45) is 4.74. The normalized spacial score (nSPS) is 19.4. The summed E-state index contributed by atoms with van der Waals surface area (Å²) >= 11 is 0. The van der Waals surface area contributed by atoms with Gasteiger partial charge in [0.1, 0.15) is 0 Å². The fraction of sp³-hybridized carbons (Fsp3) is 0.392. The standard InChI is InChI=1S/C79H90BN3/c1-72(2,3)50-27-33-55(34-28-50)81(56-35-29-51(30-36-56)73(4,5)6)57-47-66-69-67(48-57)83-70-62(78(18)41-23-24-42-79(78,83)19)45-54(76(13,14)15)46-64(70)80(69)63-39-38-60-68(58-37-31-53(75(10,11)12)44-61(58)77(60,16)17)71(63)82(66)65-40-32-52(74(7,8)9)43-59(65)49-25-21-20-22-26-49/h20-22,25-40,43-48H,23-24,41-42H2,1-19H3. The van der Waals surface area contributed by atoms with E-state index in [1.54, 1.807) is 5.56 Å². The molecule has 424 valence electrons. The van der Waals surface area contributed by atoms with E-state index in [1.807, 2.05) is 0 Å². The van der Waals surface area contributed by atoms with Gasteiger partial charge in [-0.1, -0.05) is 241 Å². The van der Waals surface area contributed by atoms with Crippen LogP contribution < -0.4 is 31.1 Å². The molecule has 8 aromatic rings. The first-order valence-corrected chi connectivity index (χ1v) is 31.3. The van der Waals surface area contributed by atoms with Gasteiger partial charge in [0.2, 0.25) is 0 Å². The van der Waals surface area contributed by atoms with Crippen LogP contribution in [0.3, 0.4) is 0 Å². The van der Waals surface area contributed by atoms with Crippen molar-refractivity contribution < 1.29 is 0 Å². The molecule has 3 nitrogen and oxygen atoms in total. The number of rotatable bonds is 5. The second-order valence-electron chi connectivity index (χ2n) is 31.9. The fourth-order valence-electron chi connectivity index (χ4n) is 15.6. The minimum absolute atomic E-state index is 0.000637. The first kappa shape index (κ1) is 55.4. The number of anilines is 8. The van der Waals surface area contributed by atoms with Crippen LogP contribution in [0.25, 0.3) is 22.3 Å². The van der Waals surface area contributed by atoms with Crippen molar-refractivity contribution in [2.45, 2.75) is 201 Å². The van der Waals surface area contributed by atoms with Crippen LogP contribution in [-0.4, -0.2) is 12.3 Å². The third-order valence-corrected chi connectivity index (χ3v) is 21.0. The Morgan fingerprint density at radius 2 is 0.940 bits per heavy atom. The van der Waals surface area contributed by atoms with Crippen molar-refractivity contribution in [3.63, 3.8) is 0 Å². The average Bonchev–Trinajstić information content (AvgIpc) is 1.69. The van der Waals surface area contributed by atoms with Gasteiger partial charge in [-0.3, -0.25) is 0 Å². The van der Waals surface area contributed by atoms with Crippen molar-refractivity contribution in [2.24, 2.45) is 0 Å². The van der Waals surface area contributed by atoms with Crippen molar-refractivity contribution in [1.29, 1.82) is 0 Å². The highest BCUT2D eigenvalue weighted by Gasteiger charge is 2.62. The monoisotopic (exact) mass is 1090 g/mol. The average molecular weight is 1090 g/mol. The molecule has 3 heterocycles. The van der Waals surface area contributed by atoms with E-state index in [9.17, 15) is 0 Å². The lowest BCUT2D eigenvalue weighted by atomic mass is 9.33. The summed E-state index contributed by atoms with van der Waals surface area (Å²) in [5.74, 6) is 0. The Bertz CT molecular complexity index is 3880. The predicted octanol–water partition coefficient (Wildman–Crippen LogP) is 20.0. The number of fused-ring (bicyclic) bond motifs is 11. The summed E-state index contributed by atoms with van der Waals surface area (Å²) in [6.45, 7) is 45.6. The van der Waals surface area contributed by atoms with Crippen molar-refractivity contribution >= 4 is 68.6 Å². The van der Waals surface area contributed by atoms with Gasteiger partial charge in [0.15, 0.2) is 0 Å². The molecule has 0 N–H and O–H groups in total. The summed E-state index contributed by atoms with van der Waals surface area (Å²) < 4.78 is 0. The van der Waals surface area contributed by atoms with Gasteiger partial charge in [0, 0.05) is 56.1 Å². The summed E-state index contributed by atoms with van der Waals surface area (Å²) in [4.78, 5) is 8.32. The van der Waals surface area contributed by atoms with E-state index in [-0.39, 0.29) is 50.2 Å². The molecule has 2 atom stereocenters. The van der Waals surface area contributed by atoms with Gasteiger partial charge >= 0.3 is 0 Å². The van der Waals surface area contributed by atoms with Crippen LogP contribution in [0.1, 0.15) is 202 Å². The number of benzene rings is 8. The van der Waals surface area contributed by atoms with Crippen molar-refractivity contribution in [3.8, 4) is 22.3 Å². The van der Waals surface area contributed by atoms with Gasteiger partial charge in [-0.25, -0.2) is 0 Å². The number of nitrogens with zero attached hydrogens (tertiary/aromatic N) is 3. The molecule has 8 aromatic carbocycles. The van der Waals surface area contributed by atoms with E-state index in [0.29, 0.717) is 0 Å². The third-order valence-electron chi connectivity index (χ3n) is 21.0. The molecule has 2 unspecified atom stereocenters. The van der Waals surface area contributed by atoms with Crippen LogP contribution in [0.2, 0.25) is 0 Å². The van der Waals surface area contributed by atoms with Gasteiger partial charge < -0.3 is 14.7 Å². The summed E-state index contributed by atoms with van der Waals surface area (Å²) in [7, 11) is 0. The minimum atomic E-state index is -0.247. The molecule has 0 spiro atoms. The SMILES string of the molecule is CC(C)(C)c1ccc(N(c2ccc(C(C)(C)C)cc2)c2cc3c4c(c2)N2c5c(cc(C(C)(C)C)cc5C5(C)CCCCC25C)B4c2ccc4c(c2N3c2ccc(C(C)(C)C)cc2-c2ccccc2)-c2ccc(C(C)(C)C)cc2C4(C)C)cc1. The molecule has 1 fully saturated rings. The van der Waals surface area contributed by atoms with Crippen LogP contribution >= 0.6 is 0 Å². The lowest BCUT2D eigenvalue weighted by Crippen LogP contribution is -2.64. The van der Waals surface area contributed by atoms with E-state index >= 15 is 0 Å². The highest BCUT2D eigenvalue weighted by molar-refractivity contribution is 7.00. The molecule has 4 heteroatoms. The van der Waals surface area contributed by atoms with E-state index < -0.39 is 0 Å². The summed E-state index contributed by atoms with van der Waals surface area (Å²) in [5, 5.41) is 0. The van der Waals surface area contributed by atoms with Gasteiger partial charge in [-0.15, -0.1) is 0 Å². The quantitative estimate of drug-likeness (QED) is 0.159. The minimum Gasteiger partial charge on any atom is -0.335 e. The Labute approximate surface area is 499 Å². The molecule has 0 aromatic heterocycles. The molecule has 3 aliphatic heterocycles. The van der Waals surface area contributed by atoms with Crippen LogP contribution in [-0.2, 0) is 37.9 Å². The smallest absolute Gasteiger partial charge is 0.252 e. The number of hydrogen-bond acceptors (Lipinski definition) is 3. The zero-order valence-corrected chi connectivity index (χ0v) is 53.7. The Hall–Kier alpha value is -6.78.